The molecule has 1 aliphatic carbocycles. The molecule has 0 bridgehead atoms. The number of pyridine rings is 2. The molecule has 1 aliphatic rings. The predicted molar refractivity (Wildman–Crippen MR) is 266 cm³/mol. The van der Waals surface area contributed by atoms with Crippen LogP contribution in [0.25, 0.3) is 85.0 Å². The summed E-state index contributed by atoms with van der Waals surface area (Å²) in [6.45, 7) is 2.10. The van der Waals surface area contributed by atoms with Gasteiger partial charge in [0.25, 0.3) is 0 Å². The SMILES string of the molecule is C/C=c1/c(-c2ccccc2)cc(-c2ccccc2)n/c1=C/C=C/c1ccc(C2(c3ccc(-c4ccc5nc(-c6ccccc6)cc(-c6ccccc6)c5c4)cc3)CCCCC2)cc1. The molecule has 0 saturated heterocycles. The van der Waals surface area contributed by atoms with E-state index >= 15 is 0 Å². The Morgan fingerprint density at radius 3 is 1.54 bits per heavy atom. The summed E-state index contributed by atoms with van der Waals surface area (Å²) in [7, 11) is 0. The Hall–Kier alpha value is -7.42. The van der Waals surface area contributed by atoms with E-state index < -0.39 is 0 Å². The van der Waals surface area contributed by atoms with Crippen LogP contribution in [0.2, 0.25) is 0 Å². The second-order valence-electron chi connectivity index (χ2n) is 16.8. The Labute approximate surface area is 371 Å². The molecule has 2 heteroatoms. The van der Waals surface area contributed by atoms with Gasteiger partial charge in [-0.1, -0.05) is 213 Å². The van der Waals surface area contributed by atoms with E-state index in [4.69, 9.17) is 9.97 Å². The zero-order valence-corrected chi connectivity index (χ0v) is 35.8. The minimum Gasteiger partial charge on any atom is -0.248 e. The molecule has 0 spiro atoms. The van der Waals surface area contributed by atoms with Crippen LogP contribution in [0.15, 0.2) is 206 Å². The average Bonchev–Trinajstić information content (AvgIpc) is 3.37. The smallest absolute Gasteiger partial charge is 0.0716 e. The lowest BCUT2D eigenvalue weighted by Crippen LogP contribution is -2.30. The fraction of sp³-hybridized carbons (Fsp3) is 0.115. The largest absolute Gasteiger partial charge is 0.248 e. The standard InChI is InChI=1S/C61H50N2/c1-2-53-54(46-20-8-3-9-21-46)42-59(48-24-12-5-13-25-48)62-57(53)28-18-19-44-29-34-51(35-30-44)61(39-16-7-17-40-61)52-36-31-45(32-37-52)50-33-38-58-56(41-50)55(47-22-10-4-11-23-47)43-60(63-58)49-26-14-6-15-27-49/h2-6,8-15,18-38,41-43H,7,16-17,39-40H2,1H3/b19-18+,53-2-,57-28+. The summed E-state index contributed by atoms with van der Waals surface area (Å²) >= 11 is 0. The van der Waals surface area contributed by atoms with Gasteiger partial charge in [-0.3, -0.25) is 0 Å². The fourth-order valence-corrected chi connectivity index (χ4v) is 9.68. The van der Waals surface area contributed by atoms with Crippen molar-refractivity contribution in [2.45, 2.75) is 44.4 Å². The molecule has 2 nitrogen and oxygen atoms in total. The van der Waals surface area contributed by atoms with Crippen LogP contribution in [-0.4, -0.2) is 9.97 Å². The molecule has 0 N–H and O–H groups in total. The van der Waals surface area contributed by atoms with Crippen molar-refractivity contribution in [1.82, 2.24) is 9.97 Å². The molecule has 2 aromatic heterocycles. The minimum atomic E-state index is -0.00568. The Balaban J connectivity index is 0.951. The normalized spacial score (nSPS) is 14.4. The lowest BCUT2D eigenvalue weighted by atomic mass is 9.65. The molecule has 1 fully saturated rings. The third-order valence-corrected chi connectivity index (χ3v) is 13.0. The lowest BCUT2D eigenvalue weighted by Gasteiger charge is -2.39. The van der Waals surface area contributed by atoms with Gasteiger partial charge in [-0.2, -0.15) is 0 Å². The first-order valence-electron chi connectivity index (χ1n) is 22.4. The molecule has 10 rings (SSSR count). The van der Waals surface area contributed by atoms with E-state index in [0.29, 0.717) is 0 Å². The van der Waals surface area contributed by atoms with Crippen LogP contribution < -0.4 is 10.6 Å². The lowest BCUT2D eigenvalue weighted by molar-refractivity contribution is 0.346. The zero-order chi connectivity index (χ0) is 42.4. The van der Waals surface area contributed by atoms with Crippen molar-refractivity contribution in [2.75, 3.05) is 0 Å². The summed E-state index contributed by atoms with van der Waals surface area (Å²) in [5.74, 6) is 0. The first kappa shape index (κ1) is 39.7. The summed E-state index contributed by atoms with van der Waals surface area (Å²) in [6.07, 6.45) is 14.8. The third-order valence-electron chi connectivity index (χ3n) is 13.0. The van der Waals surface area contributed by atoms with Gasteiger partial charge in [0.15, 0.2) is 0 Å². The van der Waals surface area contributed by atoms with Gasteiger partial charge in [-0.15, -0.1) is 0 Å². The Bertz CT molecular complexity index is 3150. The number of benzene rings is 7. The van der Waals surface area contributed by atoms with Gasteiger partial charge in [-0.05, 0) is 100 Å². The van der Waals surface area contributed by atoms with Gasteiger partial charge in [-0.25, -0.2) is 9.97 Å². The van der Waals surface area contributed by atoms with E-state index in [2.05, 4.69) is 231 Å². The van der Waals surface area contributed by atoms with E-state index in [1.807, 2.05) is 0 Å². The Kier molecular flexibility index (Phi) is 11.3. The van der Waals surface area contributed by atoms with E-state index in [1.54, 1.807) is 0 Å². The minimum absolute atomic E-state index is 0.00568. The van der Waals surface area contributed by atoms with Crippen LogP contribution in [-0.2, 0) is 5.41 Å². The van der Waals surface area contributed by atoms with Crippen molar-refractivity contribution in [3.8, 4) is 55.9 Å². The second-order valence-corrected chi connectivity index (χ2v) is 16.8. The number of hydrogen-bond acceptors (Lipinski definition) is 2. The highest BCUT2D eigenvalue weighted by atomic mass is 14.7. The van der Waals surface area contributed by atoms with Crippen molar-refractivity contribution >= 4 is 29.1 Å². The van der Waals surface area contributed by atoms with E-state index in [-0.39, 0.29) is 5.41 Å². The van der Waals surface area contributed by atoms with Gasteiger partial charge in [0.1, 0.15) is 0 Å². The van der Waals surface area contributed by atoms with Crippen molar-refractivity contribution < 1.29 is 0 Å². The summed E-state index contributed by atoms with van der Waals surface area (Å²) in [5.41, 5.74) is 16.4. The van der Waals surface area contributed by atoms with Crippen LogP contribution in [0.5, 0.6) is 0 Å². The highest BCUT2D eigenvalue weighted by molar-refractivity contribution is 5.99. The maximum absolute atomic E-state index is 5.18. The maximum Gasteiger partial charge on any atom is 0.0716 e. The van der Waals surface area contributed by atoms with E-state index in [1.165, 1.54) is 69.3 Å². The van der Waals surface area contributed by atoms with E-state index in [0.717, 1.165) is 56.8 Å². The van der Waals surface area contributed by atoms with Crippen LogP contribution >= 0.6 is 0 Å². The van der Waals surface area contributed by atoms with Gasteiger partial charge >= 0.3 is 0 Å². The highest BCUT2D eigenvalue weighted by Gasteiger charge is 2.35. The summed E-state index contributed by atoms with van der Waals surface area (Å²) in [4.78, 5) is 10.3. The molecular formula is C61H50N2. The molecule has 0 amide bonds. The van der Waals surface area contributed by atoms with Crippen molar-refractivity contribution in [3.63, 3.8) is 0 Å². The molecule has 7 aromatic carbocycles. The third kappa shape index (κ3) is 8.21. The molecule has 0 unspecified atom stereocenters. The molecule has 0 radical (unpaired) electrons. The molecule has 0 atom stereocenters. The van der Waals surface area contributed by atoms with Gasteiger partial charge in [0, 0.05) is 27.1 Å². The fourth-order valence-electron chi connectivity index (χ4n) is 9.68. The summed E-state index contributed by atoms with van der Waals surface area (Å²) < 4.78 is 0. The van der Waals surface area contributed by atoms with Gasteiger partial charge in [0.05, 0.1) is 22.3 Å². The average molecular weight is 811 g/mol. The molecule has 1 saturated carbocycles. The number of allylic oxidation sites excluding steroid dienone is 1. The predicted octanol–water partition coefficient (Wildman–Crippen LogP) is 14.5. The van der Waals surface area contributed by atoms with Gasteiger partial charge < -0.3 is 0 Å². The number of aromatic nitrogens is 2. The molecule has 304 valence electrons. The molecule has 63 heavy (non-hydrogen) atoms. The number of hydrogen-bond donors (Lipinski definition) is 0. The van der Waals surface area contributed by atoms with Crippen molar-refractivity contribution in [1.29, 1.82) is 0 Å². The molecule has 2 heterocycles. The molecule has 0 aliphatic heterocycles. The molecular weight excluding hydrogens is 761 g/mol. The summed E-state index contributed by atoms with van der Waals surface area (Å²) in [6, 6.07) is 72.3. The quantitative estimate of drug-likeness (QED) is 0.145. The Morgan fingerprint density at radius 2 is 0.952 bits per heavy atom. The van der Waals surface area contributed by atoms with Crippen LogP contribution in [0.4, 0.5) is 0 Å². The monoisotopic (exact) mass is 810 g/mol. The van der Waals surface area contributed by atoms with Crippen molar-refractivity contribution in [3.05, 3.63) is 234 Å². The zero-order valence-electron chi connectivity index (χ0n) is 35.8. The van der Waals surface area contributed by atoms with Crippen molar-refractivity contribution in [2.24, 2.45) is 0 Å². The number of rotatable bonds is 9. The van der Waals surface area contributed by atoms with Crippen LogP contribution in [0, 0.1) is 0 Å². The summed E-state index contributed by atoms with van der Waals surface area (Å²) in [5, 5.41) is 3.26. The number of nitrogens with zero attached hydrogens (tertiary/aromatic N) is 2. The first-order valence-corrected chi connectivity index (χ1v) is 22.4. The van der Waals surface area contributed by atoms with Crippen LogP contribution in [0.1, 0.15) is 55.7 Å². The Morgan fingerprint density at radius 1 is 0.444 bits per heavy atom. The number of fused-ring (bicyclic) bond motifs is 1. The second kappa shape index (κ2) is 17.9. The van der Waals surface area contributed by atoms with Gasteiger partial charge in [0.2, 0.25) is 0 Å². The highest BCUT2D eigenvalue weighted by Crippen LogP contribution is 2.45. The molecule has 9 aromatic rings. The van der Waals surface area contributed by atoms with Crippen LogP contribution in [0.3, 0.4) is 0 Å². The first-order chi connectivity index (χ1) is 31.1. The maximum atomic E-state index is 5.18. The van der Waals surface area contributed by atoms with E-state index in [9.17, 15) is 0 Å². The topological polar surface area (TPSA) is 25.8 Å².